The molecular formula is C29H40N6O7. The van der Waals surface area contributed by atoms with Crippen LogP contribution in [0.4, 0.5) is 23.1 Å². The number of amides is 2. The Morgan fingerprint density at radius 3 is 2.55 bits per heavy atom. The number of carboxylic acid groups (broad SMARTS) is 1. The van der Waals surface area contributed by atoms with Crippen LogP contribution >= 0.6 is 0 Å². The number of carbonyl (C=O) groups is 3. The van der Waals surface area contributed by atoms with E-state index in [9.17, 15) is 14.4 Å². The molecule has 4 rings (SSSR count). The minimum atomic E-state index is -0.909. The van der Waals surface area contributed by atoms with Gasteiger partial charge in [0.1, 0.15) is 17.5 Å². The van der Waals surface area contributed by atoms with Gasteiger partial charge in [0.2, 0.25) is 11.9 Å². The quantitative estimate of drug-likeness (QED) is 0.265. The van der Waals surface area contributed by atoms with Crippen molar-refractivity contribution in [2.24, 2.45) is 0 Å². The van der Waals surface area contributed by atoms with Crippen molar-refractivity contribution in [1.82, 2.24) is 15.3 Å². The van der Waals surface area contributed by atoms with Crippen molar-refractivity contribution in [2.45, 2.75) is 57.5 Å². The van der Waals surface area contributed by atoms with Crippen LogP contribution in [0.15, 0.2) is 24.4 Å². The standard InChI is InChI=1S/C29H40N6O7/c1-4-22-28(39)34(2)23-18-31-29(33-26(23)35(22)20-7-5-6-8-20)32-21-10-9-19(17-24(21)40-3)27(38)30-12-14-42-16-15-41-13-11-25(36)37/h9-10,17-18,20,22H,4-8,11-16H2,1-3H3,(H,30,38)(H,36,37)(H,31,32,33)/t22-/m1/s1. The highest BCUT2D eigenvalue weighted by molar-refractivity contribution is 6.04. The van der Waals surface area contributed by atoms with Gasteiger partial charge in [-0.3, -0.25) is 14.4 Å². The molecule has 3 N–H and O–H groups in total. The normalized spacial score (nSPS) is 16.8. The molecule has 2 aliphatic rings. The van der Waals surface area contributed by atoms with Crippen molar-refractivity contribution in [3.63, 3.8) is 0 Å². The number of aliphatic carboxylic acids is 1. The van der Waals surface area contributed by atoms with Gasteiger partial charge in [0.25, 0.3) is 5.91 Å². The van der Waals surface area contributed by atoms with Crippen LogP contribution in [-0.4, -0.2) is 92.1 Å². The first-order valence-electron chi connectivity index (χ1n) is 14.4. The third-order valence-electron chi connectivity index (χ3n) is 7.49. The topological polar surface area (TPSA) is 155 Å². The fraction of sp³-hybridized carbons (Fsp3) is 0.552. The van der Waals surface area contributed by atoms with Crippen molar-refractivity contribution >= 4 is 40.9 Å². The van der Waals surface area contributed by atoms with E-state index >= 15 is 0 Å². The van der Waals surface area contributed by atoms with Crippen LogP contribution in [0.1, 0.15) is 55.8 Å². The molecule has 0 unspecified atom stereocenters. The number of carbonyl (C=O) groups excluding carboxylic acids is 2. The highest BCUT2D eigenvalue weighted by atomic mass is 16.5. The number of ether oxygens (including phenoxy) is 3. The van der Waals surface area contributed by atoms with Crippen LogP contribution < -0.4 is 25.2 Å². The van der Waals surface area contributed by atoms with E-state index in [4.69, 9.17) is 24.3 Å². The molecule has 13 heteroatoms. The molecule has 1 saturated carbocycles. The summed E-state index contributed by atoms with van der Waals surface area (Å²) in [5.74, 6) is 0.437. The highest BCUT2D eigenvalue weighted by Gasteiger charge is 2.41. The summed E-state index contributed by atoms with van der Waals surface area (Å²) in [5, 5.41) is 14.6. The minimum absolute atomic E-state index is 0.0493. The predicted molar refractivity (Wildman–Crippen MR) is 157 cm³/mol. The third kappa shape index (κ3) is 7.45. The molecule has 13 nitrogen and oxygen atoms in total. The van der Waals surface area contributed by atoms with Crippen LogP contribution in [0.5, 0.6) is 5.75 Å². The number of rotatable bonds is 15. The van der Waals surface area contributed by atoms with Gasteiger partial charge in [-0.25, -0.2) is 4.98 Å². The Bertz CT molecular complexity index is 1250. The maximum Gasteiger partial charge on any atom is 0.305 e. The second kappa shape index (κ2) is 14.8. The number of aromatic nitrogens is 2. The molecule has 1 aromatic carbocycles. The molecule has 1 aromatic heterocycles. The van der Waals surface area contributed by atoms with E-state index in [1.54, 1.807) is 36.3 Å². The number of likely N-dealkylation sites (N-methyl/N-ethyl adjacent to an activating group) is 1. The molecule has 1 aliphatic carbocycles. The maximum atomic E-state index is 13.1. The summed E-state index contributed by atoms with van der Waals surface area (Å²) < 4.78 is 16.1. The number of carboxylic acids is 1. The van der Waals surface area contributed by atoms with Crippen molar-refractivity contribution < 1.29 is 33.7 Å². The number of hydrogen-bond donors (Lipinski definition) is 3. The molecule has 2 heterocycles. The van der Waals surface area contributed by atoms with E-state index in [1.165, 1.54) is 7.11 Å². The van der Waals surface area contributed by atoms with E-state index in [1.807, 2.05) is 6.92 Å². The Morgan fingerprint density at radius 2 is 1.86 bits per heavy atom. The maximum absolute atomic E-state index is 13.1. The summed E-state index contributed by atoms with van der Waals surface area (Å²) in [7, 11) is 3.29. The van der Waals surface area contributed by atoms with Crippen molar-refractivity contribution in [2.75, 3.05) is 62.2 Å². The zero-order chi connectivity index (χ0) is 30.1. The number of anilines is 4. The van der Waals surface area contributed by atoms with Gasteiger partial charge in [0.05, 0.1) is 51.8 Å². The molecule has 1 fully saturated rings. The summed E-state index contributed by atoms with van der Waals surface area (Å²) in [5.41, 5.74) is 1.70. The van der Waals surface area contributed by atoms with Crippen molar-refractivity contribution in [3.8, 4) is 5.75 Å². The SMILES string of the molecule is CC[C@@H]1C(=O)N(C)c2cnc(Nc3ccc(C(=O)NCCOCCOCCC(=O)O)cc3OC)nc2N1C1CCCC1. The summed E-state index contributed by atoms with van der Waals surface area (Å²) in [6, 6.07) is 5.06. The lowest BCUT2D eigenvalue weighted by molar-refractivity contribution is -0.138. The second-order valence-electron chi connectivity index (χ2n) is 10.2. The van der Waals surface area contributed by atoms with E-state index in [2.05, 4.69) is 20.5 Å². The molecular weight excluding hydrogens is 544 g/mol. The third-order valence-corrected chi connectivity index (χ3v) is 7.49. The van der Waals surface area contributed by atoms with Gasteiger partial charge < -0.3 is 39.8 Å². The van der Waals surface area contributed by atoms with Gasteiger partial charge in [-0.1, -0.05) is 19.8 Å². The Labute approximate surface area is 245 Å². The highest BCUT2D eigenvalue weighted by Crippen LogP contribution is 2.40. The van der Waals surface area contributed by atoms with Gasteiger partial charge >= 0.3 is 5.97 Å². The molecule has 1 atom stereocenters. The van der Waals surface area contributed by atoms with Gasteiger partial charge in [-0.05, 0) is 37.5 Å². The summed E-state index contributed by atoms with van der Waals surface area (Å²) in [4.78, 5) is 49.4. The second-order valence-corrected chi connectivity index (χ2v) is 10.2. The summed E-state index contributed by atoms with van der Waals surface area (Å²) in [6.07, 6.45) is 6.67. The molecule has 0 radical (unpaired) electrons. The zero-order valence-electron chi connectivity index (χ0n) is 24.4. The van der Waals surface area contributed by atoms with Gasteiger partial charge in [0.15, 0.2) is 5.82 Å². The first-order valence-corrected chi connectivity index (χ1v) is 14.4. The molecule has 0 saturated heterocycles. The lowest BCUT2D eigenvalue weighted by Gasteiger charge is -2.43. The number of hydrogen-bond acceptors (Lipinski definition) is 10. The largest absolute Gasteiger partial charge is 0.495 e. The zero-order valence-corrected chi connectivity index (χ0v) is 24.4. The smallest absolute Gasteiger partial charge is 0.305 e. The first kappa shape index (κ1) is 31.0. The number of methoxy groups -OCH3 is 1. The molecule has 2 aromatic rings. The molecule has 0 spiro atoms. The summed E-state index contributed by atoms with van der Waals surface area (Å²) >= 11 is 0. The average molecular weight is 585 g/mol. The number of nitrogens with one attached hydrogen (secondary N) is 2. The van der Waals surface area contributed by atoms with Crippen molar-refractivity contribution in [1.29, 1.82) is 0 Å². The summed E-state index contributed by atoms with van der Waals surface area (Å²) in [6.45, 7) is 3.34. The monoisotopic (exact) mass is 584 g/mol. The van der Waals surface area contributed by atoms with Crippen LogP contribution in [0.3, 0.4) is 0 Å². The Kier molecular flexibility index (Phi) is 10.9. The first-order chi connectivity index (χ1) is 20.3. The predicted octanol–water partition coefficient (Wildman–Crippen LogP) is 2.97. The fourth-order valence-corrected chi connectivity index (χ4v) is 5.32. The fourth-order valence-electron chi connectivity index (χ4n) is 5.32. The average Bonchev–Trinajstić information content (AvgIpc) is 3.52. The lowest BCUT2D eigenvalue weighted by atomic mass is 10.0. The van der Waals surface area contributed by atoms with Gasteiger partial charge in [-0.2, -0.15) is 4.98 Å². The minimum Gasteiger partial charge on any atom is -0.495 e. The Morgan fingerprint density at radius 1 is 1.12 bits per heavy atom. The molecule has 228 valence electrons. The van der Waals surface area contributed by atoms with Crippen LogP contribution in [-0.2, 0) is 19.1 Å². The van der Waals surface area contributed by atoms with Gasteiger partial charge in [0, 0.05) is 25.2 Å². The van der Waals surface area contributed by atoms with Crippen LogP contribution in [0.2, 0.25) is 0 Å². The van der Waals surface area contributed by atoms with Crippen molar-refractivity contribution in [3.05, 3.63) is 30.0 Å². The van der Waals surface area contributed by atoms with Crippen LogP contribution in [0, 0.1) is 0 Å². The van der Waals surface area contributed by atoms with E-state index in [0.717, 1.165) is 31.5 Å². The Hall–Kier alpha value is -3.97. The lowest BCUT2D eigenvalue weighted by Crippen LogP contribution is -2.55. The van der Waals surface area contributed by atoms with E-state index in [-0.39, 0.29) is 50.1 Å². The molecule has 42 heavy (non-hydrogen) atoms. The number of benzene rings is 1. The van der Waals surface area contributed by atoms with Gasteiger partial charge in [-0.15, -0.1) is 0 Å². The molecule has 1 aliphatic heterocycles. The Balaban J connectivity index is 1.38. The molecule has 2 amide bonds. The van der Waals surface area contributed by atoms with E-state index in [0.29, 0.717) is 48.2 Å². The number of fused-ring (bicyclic) bond motifs is 1. The van der Waals surface area contributed by atoms with Crippen LogP contribution in [0.25, 0.3) is 0 Å². The van der Waals surface area contributed by atoms with E-state index < -0.39 is 5.97 Å². The molecule has 0 bridgehead atoms. The number of nitrogens with zero attached hydrogens (tertiary/aromatic N) is 4.